The maximum atomic E-state index is 12.2. The van der Waals surface area contributed by atoms with Gasteiger partial charge in [0.25, 0.3) is 11.5 Å². The molecule has 0 bridgehead atoms. The molecule has 1 aromatic carbocycles. The van der Waals surface area contributed by atoms with E-state index in [1.54, 1.807) is 6.07 Å². The molecule has 2 heterocycles. The van der Waals surface area contributed by atoms with Gasteiger partial charge >= 0.3 is 0 Å². The fraction of sp³-hybridized carbons (Fsp3) is 0.200. The number of carbonyl (C=O) groups is 1. The molecule has 102 valence electrons. The van der Waals surface area contributed by atoms with E-state index >= 15 is 0 Å². The van der Waals surface area contributed by atoms with Crippen LogP contribution >= 0.6 is 0 Å². The third-order valence-corrected chi connectivity index (χ3v) is 3.46. The predicted octanol–water partition coefficient (Wildman–Crippen LogP) is 1.27. The van der Waals surface area contributed by atoms with Crippen LogP contribution in [0.2, 0.25) is 0 Å². The molecule has 5 heteroatoms. The summed E-state index contributed by atoms with van der Waals surface area (Å²) < 4.78 is 0. The van der Waals surface area contributed by atoms with E-state index in [1.807, 2.05) is 12.1 Å². The predicted molar refractivity (Wildman–Crippen MR) is 76.9 cm³/mol. The summed E-state index contributed by atoms with van der Waals surface area (Å²) in [7, 11) is 0. The molecular formula is C15H15N3O2. The summed E-state index contributed by atoms with van der Waals surface area (Å²) >= 11 is 0. The molecule has 3 rings (SSSR count). The smallest absolute Gasteiger partial charge is 0.261 e. The molecule has 1 aliphatic heterocycles. The summed E-state index contributed by atoms with van der Waals surface area (Å²) in [5.41, 5.74) is 2.84. The molecule has 0 fully saturated rings. The van der Waals surface area contributed by atoms with Gasteiger partial charge in [-0.15, -0.1) is 0 Å². The molecule has 0 saturated heterocycles. The second-order valence-corrected chi connectivity index (χ2v) is 4.74. The van der Waals surface area contributed by atoms with Crippen LogP contribution in [0.25, 0.3) is 0 Å². The molecule has 0 aliphatic carbocycles. The van der Waals surface area contributed by atoms with Crippen molar-refractivity contribution in [2.24, 2.45) is 0 Å². The normalized spacial score (nSPS) is 13.6. The summed E-state index contributed by atoms with van der Waals surface area (Å²) in [4.78, 5) is 26.3. The first-order valence-corrected chi connectivity index (χ1v) is 6.56. The second kappa shape index (κ2) is 5.30. The van der Waals surface area contributed by atoms with E-state index < -0.39 is 0 Å². The average molecular weight is 269 g/mol. The van der Waals surface area contributed by atoms with Crippen LogP contribution < -0.4 is 16.2 Å². The molecule has 0 atom stereocenters. The van der Waals surface area contributed by atoms with Gasteiger partial charge in [0.05, 0.1) is 0 Å². The zero-order chi connectivity index (χ0) is 13.9. The summed E-state index contributed by atoms with van der Waals surface area (Å²) in [5.74, 6) is -0.383. The van der Waals surface area contributed by atoms with Crippen molar-refractivity contribution >= 4 is 11.6 Å². The van der Waals surface area contributed by atoms with Gasteiger partial charge in [0, 0.05) is 18.4 Å². The minimum atomic E-state index is -0.383. The highest BCUT2D eigenvalue weighted by Gasteiger charge is 2.16. The Balaban J connectivity index is 1.91. The van der Waals surface area contributed by atoms with Crippen LogP contribution in [0, 0.1) is 0 Å². The van der Waals surface area contributed by atoms with Crippen molar-refractivity contribution in [3.63, 3.8) is 0 Å². The number of hydrogen-bond acceptors (Lipinski definition) is 3. The summed E-state index contributed by atoms with van der Waals surface area (Å²) in [6.45, 7) is 1.68. The third-order valence-electron chi connectivity index (χ3n) is 3.46. The number of nitrogens with one attached hydrogen (secondary N) is 3. The van der Waals surface area contributed by atoms with Crippen LogP contribution in [0.3, 0.4) is 0 Å². The highest BCUT2D eigenvalue weighted by molar-refractivity contribution is 6.04. The molecule has 0 radical (unpaired) electrons. The first kappa shape index (κ1) is 12.6. The van der Waals surface area contributed by atoms with Gasteiger partial charge in [-0.2, -0.15) is 0 Å². The maximum Gasteiger partial charge on any atom is 0.261 e. The molecule has 0 spiro atoms. The number of aromatic nitrogens is 1. The Labute approximate surface area is 116 Å². The van der Waals surface area contributed by atoms with Gasteiger partial charge in [-0.3, -0.25) is 9.59 Å². The summed E-state index contributed by atoms with van der Waals surface area (Å²) in [6, 6.07) is 9.01. The summed E-state index contributed by atoms with van der Waals surface area (Å²) in [5, 5.41) is 6.11. The van der Waals surface area contributed by atoms with Crippen molar-refractivity contribution in [2.45, 2.75) is 13.0 Å². The number of benzene rings is 1. The lowest BCUT2D eigenvalue weighted by Gasteiger charge is -2.20. The number of fused-ring (bicyclic) bond motifs is 1. The van der Waals surface area contributed by atoms with Gasteiger partial charge in [-0.1, -0.05) is 12.1 Å². The lowest BCUT2D eigenvalue weighted by molar-refractivity contribution is 0.102. The van der Waals surface area contributed by atoms with E-state index in [0.29, 0.717) is 0 Å². The SMILES string of the molecule is O=C(Nc1cccc2c1CNCC2)c1ccc[nH]c1=O. The summed E-state index contributed by atoms with van der Waals surface area (Å²) in [6.07, 6.45) is 2.46. The molecule has 1 aliphatic rings. The number of anilines is 1. The Kier molecular flexibility index (Phi) is 3.35. The van der Waals surface area contributed by atoms with Crippen LogP contribution in [0.4, 0.5) is 5.69 Å². The average Bonchev–Trinajstić information content (AvgIpc) is 2.48. The minimum Gasteiger partial charge on any atom is -0.328 e. The minimum absolute atomic E-state index is 0.119. The standard InChI is InChI=1S/C15H15N3O2/c19-14-11(4-2-7-17-14)15(20)18-13-5-1-3-10-6-8-16-9-12(10)13/h1-5,7,16H,6,8-9H2,(H,17,19)(H,18,20). The zero-order valence-electron chi connectivity index (χ0n) is 10.9. The topological polar surface area (TPSA) is 74.0 Å². The van der Waals surface area contributed by atoms with Crippen molar-refractivity contribution < 1.29 is 4.79 Å². The molecule has 5 nitrogen and oxygen atoms in total. The fourth-order valence-corrected chi connectivity index (χ4v) is 2.42. The van der Waals surface area contributed by atoms with E-state index in [4.69, 9.17) is 0 Å². The van der Waals surface area contributed by atoms with Crippen LogP contribution in [-0.2, 0) is 13.0 Å². The zero-order valence-corrected chi connectivity index (χ0v) is 10.9. The van der Waals surface area contributed by atoms with E-state index in [1.165, 1.54) is 17.8 Å². The lowest BCUT2D eigenvalue weighted by atomic mass is 9.99. The molecule has 20 heavy (non-hydrogen) atoms. The van der Waals surface area contributed by atoms with Crippen LogP contribution in [0.5, 0.6) is 0 Å². The number of carbonyl (C=O) groups excluding carboxylic acids is 1. The van der Waals surface area contributed by atoms with Gasteiger partial charge in [0.15, 0.2) is 0 Å². The van der Waals surface area contributed by atoms with Crippen molar-refractivity contribution in [3.8, 4) is 0 Å². The van der Waals surface area contributed by atoms with Crippen LogP contribution in [0.15, 0.2) is 41.3 Å². The number of pyridine rings is 1. The number of H-pyrrole nitrogens is 1. The second-order valence-electron chi connectivity index (χ2n) is 4.74. The van der Waals surface area contributed by atoms with Crippen LogP contribution in [-0.4, -0.2) is 17.4 Å². The quantitative estimate of drug-likeness (QED) is 0.768. The van der Waals surface area contributed by atoms with Crippen molar-refractivity contribution in [3.05, 3.63) is 63.6 Å². The maximum absolute atomic E-state index is 12.2. The highest BCUT2D eigenvalue weighted by Crippen LogP contribution is 2.23. The van der Waals surface area contributed by atoms with Gasteiger partial charge < -0.3 is 15.6 Å². The Hall–Kier alpha value is -2.40. The van der Waals surface area contributed by atoms with Gasteiger partial charge in [0.1, 0.15) is 5.56 Å². The van der Waals surface area contributed by atoms with Crippen LogP contribution in [0.1, 0.15) is 21.5 Å². The number of aromatic amines is 1. The lowest BCUT2D eigenvalue weighted by Crippen LogP contribution is -2.27. The molecule has 2 aromatic rings. The number of amides is 1. The third kappa shape index (κ3) is 2.35. The number of hydrogen-bond donors (Lipinski definition) is 3. The Morgan fingerprint density at radius 3 is 2.95 bits per heavy atom. The number of rotatable bonds is 2. The van der Waals surface area contributed by atoms with Gasteiger partial charge in [0.2, 0.25) is 0 Å². The van der Waals surface area contributed by atoms with Gasteiger partial charge in [-0.25, -0.2) is 0 Å². The Morgan fingerprint density at radius 1 is 1.20 bits per heavy atom. The fourth-order valence-electron chi connectivity index (χ4n) is 2.42. The first-order valence-electron chi connectivity index (χ1n) is 6.56. The van der Waals surface area contributed by atoms with Crippen molar-refractivity contribution in [2.75, 3.05) is 11.9 Å². The first-order chi connectivity index (χ1) is 9.75. The highest BCUT2D eigenvalue weighted by atomic mass is 16.2. The molecule has 0 saturated carbocycles. The Morgan fingerprint density at radius 2 is 2.10 bits per heavy atom. The molecule has 3 N–H and O–H groups in total. The molecule has 1 aromatic heterocycles. The molecule has 0 unspecified atom stereocenters. The molecule has 1 amide bonds. The van der Waals surface area contributed by atoms with Crippen molar-refractivity contribution in [1.82, 2.24) is 10.3 Å². The Bertz CT molecular complexity index is 706. The van der Waals surface area contributed by atoms with Crippen molar-refractivity contribution in [1.29, 1.82) is 0 Å². The monoisotopic (exact) mass is 269 g/mol. The largest absolute Gasteiger partial charge is 0.328 e. The van der Waals surface area contributed by atoms with E-state index in [-0.39, 0.29) is 17.0 Å². The van der Waals surface area contributed by atoms with E-state index in [9.17, 15) is 9.59 Å². The molecular weight excluding hydrogens is 254 g/mol. The van der Waals surface area contributed by atoms with E-state index in [0.717, 1.165) is 30.8 Å². The van der Waals surface area contributed by atoms with Gasteiger partial charge in [-0.05, 0) is 42.3 Å². The van der Waals surface area contributed by atoms with E-state index in [2.05, 4.69) is 21.7 Å².